The number of amides is 1. The molecule has 0 atom stereocenters. The molecule has 1 amide bonds. The molecule has 0 unspecified atom stereocenters. The van der Waals surface area contributed by atoms with Crippen molar-refractivity contribution < 1.29 is 13.9 Å². The second-order valence-electron chi connectivity index (χ2n) is 3.81. The van der Waals surface area contributed by atoms with Gasteiger partial charge in [0, 0.05) is 10.0 Å². The second-order valence-corrected chi connectivity index (χ2v) is 4.66. The highest BCUT2D eigenvalue weighted by Crippen LogP contribution is 2.24. The van der Waals surface area contributed by atoms with E-state index in [9.17, 15) is 9.18 Å². The lowest BCUT2D eigenvalue weighted by Crippen LogP contribution is -2.12. The van der Waals surface area contributed by atoms with E-state index in [4.69, 9.17) is 4.74 Å². The van der Waals surface area contributed by atoms with E-state index in [0.717, 1.165) is 0 Å². The van der Waals surface area contributed by atoms with Crippen molar-refractivity contribution in [3.05, 3.63) is 58.3 Å². The maximum absolute atomic E-state index is 13.1. The van der Waals surface area contributed by atoms with Gasteiger partial charge in [-0.1, -0.05) is 6.07 Å². The molecule has 0 bridgehead atoms. The first-order valence-electron chi connectivity index (χ1n) is 5.50. The Morgan fingerprint density at radius 3 is 2.79 bits per heavy atom. The minimum Gasteiger partial charge on any atom is -0.497 e. The quantitative estimate of drug-likeness (QED) is 0.931. The van der Waals surface area contributed by atoms with Crippen LogP contribution in [0.3, 0.4) is 0 Å². The van der Waals surface area contributed by atoms with E-state index in [-0.39, 0.29) is 5.91 Å². The summed E-state index contributed by atoms with van der Waals surface area (Å²) in [5, 5.41) is 2.64. The molecule has 0 saturated carbocycles. The Kier molecular flexibility index (Phi) is 4.16. The molecular weight excluding hydrogens is 313 g/mol. The van der Waals surface area contributed by atoms with E-state index in [1.807, 2.05) is 0 Å². The fourth-order valence-electron chi connectivity index (χ4n) is 1.55. The minimum absolute atomic E-state index is 0.329. The number of benzene rings is 2. The van der Waals surface area contributed by atoms with Crippen molar-refractivity contribution in [1.82, 2.24) is 0 Å². The van der Waals surface area contributed by atoms with Crippen LogP contribution >= 0.6 is 15.9 Å². The Morgan fingerprint density at radius 2 is 2.05 bits per heavy atom. The van der Waals surface area contributed by atoms with Crippen LogP contribution in [0.25, 0.3) is 0 Å². The number of methoxy groups -OCH3 is 1. The molecule has 2 aromatic rings. The first-order chi connectivity index (χ1) is 9.10. The van der Waals surface area contributed by atoms with Crippen molar-refractivity contribution in [3.8, 4) is 5.75 Å². The largest absolute Gasteiger partial charge is 0.497 e. The molecule has 0 radical (unpaired) electrons. The predicted octanol–water partition coefficient (Wildman–Crippen LogP) is 3.85. The molecule has 0 aromatic heterocycles. The van der Waals surface area contributed by atoms with E-state index in [0.29, 0.717) is 21.5 Å². The van der Waals surface area contributed by atoms with Gasteiger partial charge in [-0.3, -0.25) is 4.79 Å². The first-order valence-corrected chi connectivity index (χ1v) is 6.30. The number of carbonyl (C=O) groups is 1. The highest BCUT2D eigenvalue weighted by molar-refractivity contribution is 9.10. The second kappa shape index (κ2) is 5.84. The molecule has 0 aliphatic heterocycles. The molecule has 19 heavy (non-hydrogen) atoms. The number of ether oxygens (including phenoxy) is 1. The van der Waals surface area contributed by atoms with Crippen LogP contribution in [-0.4, -0.2) is 13.0 Å². The van der Waals surface area contributed by atoms with Crippen molar-refractivity contribution in [2.75, 3.05) is 12.4 Å². The summed E-state index contributed by atoms with van der Waals surface area (Å²) in [6, 6.07) is 10.8. The number of hydrogen-bond donors (Lipinski definition) is 1. The molecular formula is C14H11BrFNO2. The molecule has 0 spiro atoms. The van der Waals surface area contributed by atoms with Gasteiger partial charge in [0.2, 0.25) is 0 Å². The molecule has 2 aromatic carbocycles. The lowest BCUT2D eigenvalue weighted by atomic mass is 10.2. The van der Waals surface area contributed by atoms with Gasteiger partial charge in [-0.05, 0) is 52.3 Å². The van der Waals surface area contributed by atoms with Crippen LogP contribution in [0.1, 0.15) is 10.4 Å². The fourth-order valence-corrected chi connectivity index (χ4v) is 1.90. The minimum atomic E-state index is -0.413. The van der Waals surface area contributed by atoms with E-state index < -0.39 is 5.82 Å². The van der Waals surface area contributed by atoms with Crippen LogP contribution in [0.15, 0.2) is 46.9 Å². The number of rotatable bonds is 3. The van der Waals surface area contributed by atoms with Crippen LogP contribution < -0.4 is 10.1 Å². The van der Waals surface area contributed by atoms with Gasteiger partial charge >= 0.3 is 0 Å². The van der Waals surface area contributed by atoms with Crippen LogP contribution in [0.4, 0.5) is 10.1 Å². The number of nitrogens with one attached hydrogen (secondary N) is 1. The van der Waals surface area contributed by atoms with Gasteiger partial charge in [0.15, 0.2) is 0 Å². The summed E-state index contributed by atoms with van der Waals surface area (Å²) in [5.41, 5.74) is 0.823. The highest BCUT2D eigenvalue weighted by Gasteiger charge is 2.09. The normalized spacial score (nSPS) is 10.1. The van der Waals surface area contributed by atoms with E-state index in [1.165, 1.54) is 25.3 Å². The third-order valence-electron chi connectivity index (χ3n) is 2.51. The van der Waals surface area contributed by atoms with E-state index in [1.54, 1.807) is 24.3 Å². The van der Waals surface area contributed by atoms with Crippen molar-refractivity contribution in [3.63, 3.8) is 0 Å². The average molecular weight is 324 g/mol. The van der Waals surface area contributed by atoms with Gasteiger partial charge in [0.1, 0.15) is 11.6 Å². The van der Waals surface area contributed by atoms with E-state index in [2.05, 4.69) is 21.2 Å². The fraction of sp³-hybridized carbons (Fsp3) is 0.0714. The maximum atomic E-state index is 13.1. The average Bonchev–Trinajstić information content (AvgIpc) is 2.43. The monoisotopic (exact) mass is 323 g/mol. The molecule has 0 aliphatic carbocycles. The topological polar surface area (TPSA) is 38.3 Å². The molecule has 1 N–H and O–H groups in total. The van der Waals surface area contributed by atoms with Gasteiger partial charge in [-0.2, -0.15) is 0 Å². The van der Waals surface area contributed by atoms with Gasteiger partial charge in [-0.15, -0.1) is 0 Å². The van der Waals surface area contributed by atoms with Gasteiger partial charge in [0.05, 0.1) is 12.8 Å². The molecule has 0 saturated heterocycles. The number of carbonyl (C=O) groups excluding carboxylic acids is 1. The molecule has 98 valence electrons. The molecule has 0 aliphatic rings. The Morgan fingerprint density at radius 1 is 1.26 bits per heavy atom. The number of hydrogen-bond acceptors (Lipinski definition) is 2. The van der Waals surface area contributed by atoms with E-state index >= 15 is 0 Å². The summed E-state index contributed by atoms with van der Waals surface area (Å²) in [7, 11) is 1.53. The Bertz CT molecular complexity index is 616. The van der Waals surface area contributed by atoms with Crippen molar-refractivity contribution in [2.24, 2.45) is 0 Å². The van der Waals surface area contributed by atoms with Gasteiger partial charge in [0.25, 0.3) is 5.91 Å². The molecule has 2 rings (SSSR count). The maximum Gasteiger partial charge on any atom is 0.255 e. The number of halogens is 2. The summed E-state index contributed by atoms with van der Waals surface area (Å²) >= 11 is 3.25. The first kappa shape index (κ1) is 13.5. The lowest BCUT2D eigenvalue weighted by molar-refractivity contribution is 0.102. The molecule has 0 fully saturated rings. The van der Waals surface area contributed by atoms with Crippen molar-refractivity contribution in [1.29, 1.82) is 0 Å². The highest BCUT2D eigenvalue weighted by atomic mass is 79.9. The van der Waals surface area contributed by atoms with Crippen molar-refractivity contribution >= 4 is 27.5 Å². The summed E-state index contributed by atoms with van der Waals surface area (Å²) in [6.07, 6.45) is 0. The third kappa shape index (κ3) is 3.32. The van der Waals surface area contributed by atoms with Gasteiger partial charge < -0.3 is 10.1 Å². The molecule has 0 heterocycles. The van der Waals surface area contributed by atoms with Crippen LogP contribution in [-0.2, 0) is 0 Å². The standard InChI is InChI=1S/C14H11BrFNO2/c1-19-11-4-2-3-9(7-11)14(18)17-13-8-10(16)5-6-12(13)15/h2-8H,1H3,(H,17,18). The zero-order chi connectivity index (χ0) is 13.8. The van der Waals surface area contributed by atoms with Crippen molar-refractivity contribution in [2.45, 2.75) is 0 Å². The lowest BCUT2D eigenvalue weighted by Gasteiger charge is -2.08. The zero-order valence-electron chi connectivity index (χ0n) is 10.1. The third-order valence-corrected chi connectivity index (χ3v) is 3.20. The zero-order valence-corrected chi connectivity index (χ0v) is 11.7. The van der Waals surface area contributed by atoms with Crippen LogP contribution in [0.2, 0.25) is 0 Å². The molecule has 5 heteroatoms. The number of anilines is 1. The molecule has 3 nitrogen and oxygen atoms in total. The summed E-state index contributed by atoms with van der Waals surface area (Å²) in [4.78, 5) is 12.0. The van der Waals surface area contributed by atoms with Crippen LogP contribution in [0.5, 0.6) is 5.75 Å². The van der Waals surface area contributed by atoms with Crippen LogP contribution in [0, 0.1) is 5.82 Å². The smallest absolute Gasteiger partial charge is 0.255 e. The Hall–Kier alpha value is -1.88. The Labute approximate surface area is 118 Å². The SMILES string of the molecule is COc1cccc(C(=O)Nc2cc(F)ccc2Br)c1. The summed E-state index contributed by atoms with van der Waals surface area (Å²) in [6.45, 7) is 0. The summed E-state index contributed by atoms with van der Waals surface area (Å²) < 4.78 is 18.8. The van der Waals surface area contributed by atoms with Gasteiger partial charge in [-0.25, -0.2) is 4.39 Å². The Balaban J connectivity index is 2.22. The predicted molar refractivity (Wildman–Crippen MR) is 75.0 cm³/mol. The summed E-state index contributed by atoms with van der Waals surface area (Å²) in [5.74, 6) is -0.152.